The van der Waals surface area contributed by atoms with Crippen molar-refractivity contribution in [3.8, 4) is 0 Å². The van der Waals surface area contributed by atoms with Crippen molar-refractivity contribution in [2.75, 3.05) is 10.6 Å². The molecule has 0 saturated heterocycles. The number of anilines is 2. The minimum absolute atomic E-state index is 0.157. The van der Waals surface area contributed by atoms with Crippen molar-refractivity contribution < 1.29 is 18.4 Å². The van der Waals surface area contributed by atoms with Gasteiger partial charge in [0.25, 0.3) is 5.91 Å². The van der Waals surface area contributed by atoms with Crippen LogP contribution in [0.15, 0.2) is 18.2 Å². The minimum atomic E-state index is -0.884. The number of hydrogen-bond acceptors (Lipinski definition) is 3. The Balaban J connectivity index is 1.81. The van der Waals surface area contributed by atoms with Crippen LogP contribution in [0.1, 0.15) is 33.6 Å². The normalized spacial score (nSPS) is 13.2. The topological polar surface area (TPSA) is 84.2 Å². The van der Waals surface area contributed by atoms with Crippen molar-refractivity contribution in [3.63, 3.8) is 0 Å². The maximum absolute atomic E-state index is 13.6. The number of nitrogens with two attached hydrogens (primary N) is 1. The molecule has 8 heteroatoms. The number of hydrogen-bond donors (Lipinski definition) is 3. The molecule has 5 nitrogen and oxygen atoms in total. The first kappa shape index (κ1) is 16.4. The number of thiophene rings is 1. The van der Waals surface area contributed by atoms with Crippen molar-refractivity contribution in [1.29, 1.82) is 0 Å². The van der Waals surface area contributed by atoms with Gasteiger partial charge in [-0.05, 0) is 43.4 Å². The molecule has 4 N–H and O–H groups in total. The van der Waals surface area contributed by atoms with Crippen molar-refractivity contribution in [3.05, 3.63) is 45.8 Å². The van der Waals surface area contributed by atoms with E-state index in [9.17, 15) is 18.4 Å². The molecule has 0 atom stereocenters. The smallest absolute Gasteiger partial charge is 0.324 e. The number of amides is 3. The Hall–Kier alpha value is -2.48. The molecule has 0 fully saturated rings. The Morgan fingerprint density at radius 3 is 2.58 bits per heavy atom. The van der Waals surface area contributed by atoms with Crippen LogP contribution >= 0.6 is 11.3 Å². The highest BCUT2D eigenvalue weighted by Gasteiger charge is 2.25. The van der Waals surface area contributed by atoms with Gasteiger partial charge in [0.05, 0.1) is 11.3 Å². The molecular formula is C16H15F2N3O2S. The lowest BCUT2D eigenvalue weighted by molar-refractivity contribution is 0.100. The Morgan fingerprint density at radius 2 is 1.88 bits per heavy atom. The maximum Gasteiger partial charge on any atom is 0.324 e. The quantitative estimate of drug-likeness (QED) is 0.789. The summed E-state index contributed by atoms with van der Waals surface area (Å²) in [5.74, 6) is -2.22. The van der Waals surface area contributed by atoms with E-state index in [-0.39, 0.29) is 5.69 Å². The lowest BCUT2D eigenvalue weighted by Crippen LogP contribution is -2.22. The number of aryl methyl sites for hydroxylation is 1. The van der Waals surface area contributed by atoms with Gasteiger partial charge in [-0.2, -0.15) is 0 Å². The van der Waals surface area contributed by atoms with Gasteiger partial charge in [0.1, 0.15) is 16.6 Å². The minimum Gasteiger partial charge on any atom is -0.365 e. The van der Waals surface area contributed by atoms with Gasteiger partial charge in [-0.15, -0.1) is 11.3 Å². The van der Waals surface area contributed by atoms with Gasteiger partial charge in [0, 0.05) is 10.9 Å². The van der Waals surface area contributed by atoms with Crippen LogP contribution in [0.4, 0.5) is 24.3 Å². The Morgan fingerprint density at radius 1 is 1.12 bits per heavy atom. The van der Waals surface area contributed by atoms with Crippen LogP contribution < -0.4 is 16.4 Å². The van der Waals surface area contributed by atoms with Gasteiger partial charge in [-0.25, -0.2) is 13.6 Å². The second kappa shape index (κ2) is 6.56. The zero-order valence-electron chi connectivity index (χ0n) is 12.6. The molecule has 0 radical (unpaired) electrons. The first-order chi connectivity index (χ1) is 11.5. The van der Waals surface area contributed by atoms with Crippen molar-refractivity contribution in [2.45, 2.75) is 25.7 Å². The average Bonchev–Trinajstić information content (AvgIpc) is 2.87. The summed E-state index contributed by atoms with van der Waals surface area (Å²) in [4.78, 5) is 24.9. The summed E-state index contributed by atoms with van der Waals surface area (Å²) < 4.78 is 26.5. The Bertz CT molecular complexity index is 820. The van der Waals surface area contributed by atoms with E-state index < -0.39 is 23.6 Å². The molecule has 0 unspecified atom stereocenters. The van der Waals surface area contributed by atoms with Crippen LogP contribution in [0, 0.1) is 11.6 Å². The molecule has 1 aromatic heterocycles. The fourth-order valence-corrected chi connectivity index (χ4v) is 4.05. The van der Waals surface area contributed by atoms with Crippen LogP contribution in [0.5, 0.6) is 0 Å². The highest BCUT2D eigenvalue weighted by Crippen LogP contribution is 2.37. The van der Waals surface area contributed by atoms with Gasteiger partial charge in [-0.3, -0.25) is 10.1 Å². The fourth-order valence-electron chi connectivity index (χ4n) is 2.76. The number of carbonyl (C=O) groups excluding carboxylic acids is 2. The molecule has 1 aromatic carbocycles. The molecular weight excluding hydrogens is 336 g/mol. The van der Waals surface area contributed by atoms with E-state index in [0.29, 0.717) is 16.6 Å². The number of halogens is 2. The molecule has 3 amide bonds. The number of nitrogens with one attached hydrogen (secondary N) is 2. The van der Waals surface area contributed by atoms with Gasteiger partial charge < -0.3 is 11.1 Å². The summed E-state index contributed by atoms with van der Waals surface area (Å²) in [6.07, 6.45) is 3.59. The molecule has 2 aromatic rings. The molecule has 1 aliphatic rings. The molecule has 0 aliphatic heterocycles. The predicted octanol–water partition coefficient (Wildman–Crippen LogP) is 3.65. The van der Waals surface area contributed by atoms with Crippen molar-refractivity contribution in [2.24, 2.45) is 5.73 Å². The van der Waals surface area contributed by atoms with E-state index in [1.165, 1.54) is 11.3 Å². The first-order valence-corrected chi connectivity index (χ1v) is 8.24. The van der Waals surface area contributed by atoms with Gasteiger partial charge in [0.15, 0.2) is 0 Å². The number of fused-ring (bicyclic) bond motifs is 1. The van der Waals surface area contributed by atoms with Crippen LogP contribution in [-0.4, -0.2) is 11.9 Å². The molecule has 0 bridgehead atoms. The SMILES string of the molecule is NC(=O)c1c(NC(=O)Nc2ccc(F)cc2F)sc2c1CCCC2. The summed E-state index contributed by atoms with van der Waals surface area (Å²) in [6, 6.07) is 2.12. The number of rotatable bonds is 3. The van der Waals surface area contributed by atoms with Gasteiger partial charge in [-0.1, -0.05) is 0 Å². The van der Waals surface area contributed by atoms with Crippen LogP contribution in [0.3, 0.4) is 0 Å². The van der Waals surface area contributed by atoms with E-state index in [1.807, 2.05) is 0 Å². The molecule has 1 heterocycles. The Labute approximate surface area is 140 Å². The monoisotopic (exact) mass is 351 g/mol. The molecule has 3 rings (SSSR count). The Kier molecular flexibility index (Phi) is 4.48. The van der Waals surface area contributed by atoms with E-state index >= 15 is 0 Å². The van der Waals surface area contributed by atoms with E-state index in [4.69, 9.17) is 5.73 Å². The van der Waals surface area contributed by atoms with Crippen LogP contribution in [0.2, 0.25) is 0 Å². The molecule has 1 aliphatic carbocycles. The van der Waals surface area contributed by atoms with Gasteiger partial charge >= 0.3 is 6.03 Å². The standard InChI is InChI=1S/C16H15F2N3O2S/c17-8-5-6-11(10(18)7-8)20-16(23)21-15-13(14(19)22)9-3-1-2-4-12(9)24-15/h5-7H,1-4H2,(H2,19,22)(H2,20,21,23). The van der Waals surface area contributed by atoms with Gasteiger partial charge in [0.2, 0.25) is 0 Å². The number of carbonyl (C=O) groups is 2. The summed E-state index contributed by atoms with van der Waals surface area (Å²) in [6.45, 7) is 0. The van der Waals surface area contributed by atoms with E-state index in [1.54, 1.807) is 0 Å². The summed E-state index contributed by atoms with van der Waals surface area (Å²) in [7, 11) is 0. The summed E-state index contributed by atoms with van der Waals surface area (Å²) in [5.41, 5.74) is 6.50. The van der Waals surface area contributed by atoms with Crippen molar-refractivity contribution in [1.82, 2.24) is 0 Å². The fraction of sp³-hybridized carbons (Fsp3) is 0.250. The van der Waals surface area contributed by atoms with E-state index in [2.05, 4.69) is 10.6 Å². The maximum atomic E-state index is 13.6. The average molecular weight is 351 g/mol. The molecule has 0 spiro atoms. The lowest BCUT2D eigenvalue weighted by Gasteiger charge is -2.11. The number of benzene rings is 1. The largest absolute Gasteiger partial charge is 0.365 e. The molecule has 0 saturated carbocycles. The van der Waals surface area contributed by atoms with Crippen LogP contribution in [-0.2, 0) is 12.8 Å². The number of primary amides is 1. The van der Waals surface area contributed by atoms with Crippen molar-refractivity contribution >= 4 is 34.0 Å². The summed E-state index contributed by atoms with van der Waals surface area (Å²) in [5, 5.41) is 5.20. The lowest BCUT2D eigenvalue weighted by atomic mass is 9.95. The third-order valence-electron chi connectivity index (χ3n) is 3.82. The third kappa shape index (κ3) is 3.23. The third-order valence-corrected chi connectivity index (χ3v) is 5.03. The number of urea groups is 1. The zero-order valence-corrected chi connectivity index (χ0v) is 13.4. The molecule has 24 heavy (non-hydrogen) atoms. The first-order valence-electron chi connectivity index (χ1n) is 7.43. The second-order valence-corrected chi connectivity index (χ2v) is 6.59. The van der Waals surface area contributed by atoms with E-state index in [0.717, 1.165) is 48.3 Å². The second-order valence-electron chi connectivity index (χ2n) is 5.48. The predicted molar refractivity (Wildman–Crippen MR) is 88.5 cm³/mol. The zero-order chi connectivity index (χ0) is 17.3. The molecule has 126 valence electrons. The van der Waals surface area contributed by atoms with Crippen LogP contribution in [0.25, 0.3) is 0 Å². The summed E-state index contributed by atoms with van der Waals surface area (Å²) >= 11 is 1.31. The highest BCUT2D eigenvalue weighted by atomic mass is 32.1. The highest BCUT2D eigenvalue weighted by molar-refractivity contribution is 7.17.